The number of rotatable bonds is 7. The Hall–Kier alpha value is -1.87. The van der Waals surface area contributed by atoms with Gasteiger partial charge in [0.05, 0.1) is 9.82 Å². The fraction of sp³-hybridized carbons (Fsp3) is 0.200. The van der Waals surface area contributed by atoms with Crippen LogP contribution in [0.1, 0.15) is 0 Å². The van der Waals surface area contributed by atoms with Crippen LogP contribution >= 0.6 is 23.2 Å². The van der Waals surface area contributed by atoms with Gasteiger partial charge in [0, 0.05) is 24.7 Å². The third kappa shape index (κ3) is 4.82. The summed E-state index contributed by atoms with van der Waals surface area (Å²) in [4.78, 5) is 9.97. The first-order valence-electron chi connectivity index (χ1n) is 7.00. The van der Waals surface area contributed by atoms with Gasteiger partial charge in [-0.25, -0.2) is 8.42 Å². The Bertz CT molecular complexity index is 872. The highest BCUT2D eigenvalue weighted by molar-refractivity contribution is 7.89. The van der Waals surface area contributed by atoms with Crippen LogP contribution in [0.5, 0.6) is 5.75 Å². The van der Waals surface area contributed by atoms with Gasteiger partial charge in [0.1, 0.15) is 17.4 Å². The van der Waals surface area contributed by atoms with Crippen molar-refractivity contribution in [2.24, 2.45) is 0 Å². The number of nitrogens with zero attached hydrogens (tertiary/aromatic N) is 2. The number of benzene rings is 2. The molecule has 2 aromatic rings. The van der Waals surface area contributed by atoms with Crippen LogP contribution in [0.3, 0.4) is 0 Å². The fourth-order valence-corrected chi connectivity index (χ4v) is 3.40. The average molecular weight is 405 g/mol. The van der Waals surface area contributed by atoms with Crippen molar-refractivity contribution in [1.82, 2.24) is 4.31 Å². The second kappa shape index (κ2) is 8.01. The van der Waals surface area contributed by atoms with Gasteiger partial charge in [-0.3, -0.25) is 10.1 Å². The molecule has 0 heterocycles. The van der Waals surface area contributed by atoms with E-state index in [1.807, 2.05) is 0 Å². The van der Waals surface area contributed by atoms with Crippen molar-refractivity contribution in [3.8, 4) is 5.75 Å². The summed E-state index contributed by atoms with van der Waals surface area (Å²) in [6, 6.07) is 9.99. The monoisotopic (exact) mass is 404 g/mol. The summed E-state index contributed by atoms with van der Waals surface area (Å²) in [6.45, 7) is 0.161. The summed E-state index contributed by atoms with van der Waals surface area (Å²) in [5.74, 6) is 0.553. The normalized spacial score (nSPS) is 11.5. The fourth-order valence-electron chi connectivity index (χ4n) is 1.92. The molecule has 25 heavy (non-hydrogen) atoms. The van der Waals surface area contributed by atoms with E-state index in [9.17, 15) is 18.5 Å². The van der Waals surface area contributed by atoms with E-state index in [4.69, 9.17) is 27.9 Å². The maximum atomic E-state index is 12.5. The summed E-state index contributed by atoms with van der Waals surface area (Å²) < 4.78 is 31.5. The summed E-state index contributed by atoms with van der Waals surface area (Å²) in [6.07, 6.45) is 0. The van der Waals surface area contributed by atoms with Gasteiger partial charge in [-0.15, -0.1) is 0 Å². The van der Waals surface area contributed by atoms with E-state index in [2.05, 4.69) is 0 Å². The van der Waals surface area contributed by atoms with Crippen molar-refractivity contribution < 1.29 is 18.1 Å². The molecule has 0 spiro atoms. The molecule has 0 N–H and O–H groups in total. The van der Waals surface area contributed by atoms with Crippen molar-refractivity contribution >= 4 is 38.9 Å². The topological polar surface area (TPSA) is 89.8 Å². The van der Waals surface area contributed by atoms with E-state index < -0.39 is 20.6 Å². The lowest BCUT2D eigenvalue weighted by Crippen LogP contribution is -2.31. The number of sulfonamides is 1. The van der Waals surface area contributed by atoms with Crippen molar-refractivity contribution in [3.63, 3.8) is 0 Å². The SMILES string of the molecule is CN(CCOc1ccc(Cl)cc1)S(=O)(=O)c1ccc(Cl)c([N+](=O)[O-])c1. The van der Waals surface area contributed by atoms with E-state index in [0.717, 1.165) is 10.4 Å². The van der Waals surface area contributed by atoms with Gasteiger partial charge < -0.3 is 4.74 Å². The largest absolute Gasteiger partial charge is 0.492 e. The van der Waals surface area contributed by atoms with Crippen LogP contribution in [0.2, 0.25) is 10.0 Å². The molecule has 0 aliphatic carbocycles. The predicted molar refractivity (Wildman–Crippen MR) is 94.9 cm³/mol. The van der Waals surface area contributed by atoms with E-state index in [1.54, 1.807) is 24.3 Å². The molecule has 0 saturated carbocycles. The average Bonchev–Trinajstić information content (AvgIpc) is 2.56. The Morgan fingerprint density at radius 2 is 1.80 bits per heavy atom. The van der Waals surface area contributed by atoms with Gasteiger partial charge in [0.2, 0.25) is 10.0 Å². The molecule has 0 unspecified atom stereocenters. The Morgan fingerprint density at radius 3 is 2.40 bits per heavy atom. The standard InChI is InChI=1S/C15H14Cl2N2O5S/c1-18(8-9-24-12-4-2-11(16)3-5-12)25(22,23)13-6-7-14(17)15(10-13)19(20)21/h2-7,10H,8-9H2,1H3. The highest BCUT2D eigenvalue weighted by Crippen LogP contribution is 2.28. The summed E-state index contributed by atoms with van der Waals surface area (Å²) in [5.41, 5.74) is -0.464. The second-order valence-electron chi connectivity index (χ2n) is 5.00. The number of hydrogen-bond acceptors (Lipinski definition) is 5. The molecule has 0 bridgehead atoms. The van der Waals surface area contributed by atoms with Crippen LogP contribution in [0.4, 0.5) is 5.69 Å². The number of nitro groups is 1. The van der Waals surface area contributed by atoms with E-state index in [1.165, 1.54) is 19.2 Å². The molecular formula is C15H14Cl2N2O5S. The molecule has 0 atom stereocenters. The highest BCUT2D eigenvalue weighted by atomic mass is 35.5. The van der Waals surface area contributed by atoms with Gasteiger partial charge in [0.15, 0.2) is 0 Å². The zero-order valence-corrected chi connectivity index (χ0v) is 15.4. The molecule has 0 amide bonds. The Morgan fingerprint density at radius 1 is 1.16 bits per heavy atom. The van der Waals surface area contributed by atoms with Crippen LogP contribution in [-0.4, -0.2) is 37.8 Å². The highest BCUT2D eigenvalue weighted by Gasteiger charge is 2.24. The number of hydrogen-bond donors (Lipinski definition) is 0. The molecule has 2 aromatic carbocycles. The van der Waals surface area contributed by atoms with Crippen LogP contribution in [-0.2, 0) is 10.0 Å². The third-order valence-corrected chi connectivity index (χ3v) is 5.74. The number of likely N-dealkylation sites (N-methyl/N-ethyl adjacent to an activating group) is 1. The first-order chi connectivity index (χ1) is 11.7. The molecule has 10 heteroatoms. The van der Waals surface area contributed by atoms with Gasteiger partial charge in [-0.2, -0.15) is 4.31 Å². The lowest BCUT2D eigenvalue weighted by Gasteiger charge is -2.17. The number of ether oxygens (including phenoxy) is 1. The molecule has 0 aliphatic rings. The quantitative estimate of drug-likeness (QED) is 0.519. The second-order valence-corrected chi connectivity index (χ2v) is 7.89. The summed E-state index contributed by atoms with van der Waals surface area (Å²) in [5, 5.41) is 11.3. The predicted octanol–water partition coefficient (Wildman–Crippen LogP) is 3.60. The molecule has 134 valence electrons. The molecule has 2 rings (SSSR count). The minimum absolute atomic E-state index is 0.0569. The van der Waals surface area contributed by atoms with Gasteiger partial charge in [-0.05, 0) is 36.4 Å². The first-order valence-corrected chi connectivity index (χ1v) is 9.20. The van der Waals surface area contributed by atoms with Gasteiger partial charge in [-0.1, -0.05) is 23.2 Å². The van der Waals surface area contributed by atoms with Crippen molar-refractivity contribution in [3.05, 3.63) is 62.6 Å². The third-order valence-electron chi connectivity index (χ3n) is 3.31. The van der Waals surface area contributed by atoms with E-state index in [-0.39, 0.29) is 23.1 Å². The van der Waals surface area contributed by atoms with Crippen LogP contribution in [0, 0.1) is 10.1 Å². The maximum Gasteiger partial charge on any atom is 0.289 e. The molecule has 0 fully saturated rings. The number of halogens is 2. The molecule has 7 nitrogen and oxygen atoms in total. The van der Waals surface area contributed by atoms with Crippen LogP contribution in [0.15, 0.2) is 47.4 Å². The molecular weight excluding hydrogens is 391 g/mol. The van der Waals surface area contributed by atoms with Crippen LogP contribution in [0.25, 0.3) is 0 Å². The zero-order valence-electron chi connectivity index (χ0n) is 13.1. The Kier molecular flexibility index (Phi) is 6.23. The maximum absolute atomic E-state index is 12.5. The molecule has 0 saturated heterocycles. The minimum Gasteiger partial charge on any atom is -0.492 e. The lowest BCUT2D eigenvalue weighted by atomic mass is 10.3. The van der Waals surface area contributed by atoms with Gasteiger partial charge >= 0.3 is 0 Å². The van der Waals surface area contributed by atoms with Gasteiger partial charge in [0.25, 0.3) is 5.69 Å². The molecule has 0 aliphatic heterocycles. The Balaban J connectivity index is 2.07. The minimum atomic E-state index is -3.90. The zero-order chi connectivity index (χ0) is 18.6. The summed E-state index contributed by atoms with van der Waals surface area (Å²) >= 11 is 11.5. The van der Waals surface area contributed by atoms with E-state index >= 15 is 0 Å². The van der Waals surface area contributed by atoms with E-state index in [0.29, 0.717) is 10.8 Å². The molecule has 0 aromatic heterocycles. The van der Waals surface area contributed by atoms with Crippen molar-refractivity contribution in [1.29, 1.82) is 0 Å². The van der Waals surface area contributed by atoms with Crippen molar-refractivity contribution in [2.75, 3.05) is 20.2 Å². The smallest absolute Gasteiger partial charge is 0.289 e. The first kappa shape index (κ1) is 19.5. The Labute approximate surface area is 154 Å². The number of nitro benzene ring substituents is 1. The van der Waals surface area contributed by atoms with Crippen molar-refractivity contribution in [2.45, 2.75) is 4.90 Å². The summed E-state index contributed by atoms with van der Waals surface area (Å²) in [7, 11) is -2.54. The molecule has 0 radical (unpaired) electrons. The lowest BCUT2D eigenvalue weighted by molar-refractivity contribution is -0.384. The van der Waals surface area contributed by atoms with Crippen LogP contribution < -0.4 is 4.74 Å².